The van der Waals surface area contributed by atoms with E-state index in [9.17, 15) is 13.5 Å². The lowest BCUT2D eigenvalue weighted by molar-refractivity contribution is 0.249. The highest BCUT2D eigenvalue weighted by molar-refractivity contribution is 7.89. The molecule has 118 valence electrons. The predicted molar refractivity (Wildman–Crippen MR) is 82.3 cm³/mol. The average Bonchev–Trinajstić information content (AvgIpc) is 2.42. The maximum atomic E-state index is 12.2. The van der Waals surface area contributed by atoms with Crippen LogP contribution in [0.2, 0.25) is 0 Å². The maximum Gasteiger partial charge on any atom is 0.240 e. The van der Waals surface area contributed by atoms with Gasteiger partial charge in [-0.15, -0.1) is 0 Å². The molecule has 0 fully saturated rings. The van der Waals surface area contributed by atoms with Crippen LogP contribution in [0.4, 0.5) is 0 Å². The molecule has 1 aromatic carbocycles. The summed E-state index contributed by atoms with van der Waals surface area (Å²) in [6.45, 7) is 1.99. The molecule has 6 N–H and O–H groups in total. The molecule has 0 aromatic heterocycles. The second-order valence-corrected chi connectivity index (χ2v) is 6.48. The van der Waals surface area contributed by atoms with Gasteiger partial charge in [0.2, 0.25) is 10.0 Å². The Hall–Kier alpha value is -1.64. The van der Waals surface area contributed by atoms with Gasteiger partial charge >= 0.3 is 0 Å². The Labute approximate surface area is 125 Å². The third-order valence-electron chi connectivity index (χ3n) is 2.88. The first-order valence-electron chi connectivity index (χ1n) is 6.60. The molecule has 0 bridgehead atoms. The summed E-state index contributed by atoms with van der Waals surface area (Å²) < 4.78 is 26.8. The summed E-state index contributed by atoms with van der Waals surface area (Å²) in [4.78, 5) is 3.99. The number of sulfonamides is 1. The van der Waals surface area contributed by atoms with E-state index >= 15 is 0 Å². The molecule has 1 atom stereocenters. The Morgan fingerprint density at radius 2 is 1.95 bits per heavy atom. The van der Waals surface area contributed by atoms with Gasteiger partial charge in [-0.25, -0.2) is 13.1 Å². The zero-order chi connectivity index (χ0) is 15.9. The molecule has 0 radical (unpaired) electrons. The van der Waals surface area contributed by atoms with E-state index < -0.39 is 16.1 Å². The van der Waals surface area contributed by atoms with Crippen molar-refractivity contribution >= 4 is 16.0 Å². The van der Waals surface area contributed by atoms with Crippen LogP contribution in [0.15, 0.2) is 34.2 Å². The van der Waals surface area contributed by atoms with E-state index in [4.69, 9.17) is 11.5 Å². The van der Waals surface area contributed by atoms with Gasteiger partial charge in [0.25, 0.3) is 0 Å². The quantitative estimate of drug-likeness (QED) is 0.297. The molecule has 0 heterocycles. The maximum absolute atomic E-state index is 12.2. The smallest absolute Gasteiger partial charge is 0.240 e. The molecule has 0 unspecified atom stereocenters. The summed E-state index contributed by atoms with van der Waals surface area (Å²) >= 11 is 0. The van der Waals surface area contributed by atoms with Crippen molar-refractivity contribution in [3.8, 4) is 0 Å². The summed E-state index contributed by atoms with van der Waals surface area (Å²) in [5.74, 6) is -0.00390. The highest BCUT2D eigenvalue weighted by Crippen LogP contribution is 2.11. The van der Waals surface area contributed by atoms with E-state index in [0.29, 0.717) is 19.4 Å². The number of rotatable bonds is 8. The Morgan fingerprint density at radius 1 is 1.33 bits per heavy atom. The van der Waals surface area contributed by atoms with Crippen molar-refractivity contribution in [3.63, 3.8) is 0 Å². The standard InChI is InChI=1S/C13H22N4O3S/c1-10-4-6-12(7-5-10)21(19,20)17-11(9-18)3-2-8-16-13(14)15/h4-7,11,17-18H,2-3,8-9H2,1H3,(H4,14,15,16)/t11-/m0/s1. The van der Waals surface area contributed by atoms with Gasteiger partial charge in [-0.1, -0.05) is 17.7 Å². The summed E-state index contributed by atoms with van der Waals surface area (Å²) in [6, 6.07) is 5.95. The molecule has 0 spiro atoms. The van der Waals surface area contributed by atoms with E-state index in [2.05, 4.69) is 9.71 Å². The molecule has 0 amide bonds. The average molecular weight is 314 g/mol. The minimum Gasteiger partial charge on any atom is -0.395 e. The van der Waals surface area contributed by atoms with Crippen LogP contribution in [0.5, 0.6) is 0 Å². The summed E-state index contributed by atoms with van der Waals surface area (Å²) in [6.07, 6.45) is 1.01. The monoisotopic (exact) mass is 314 g/mol. The summed E-state index contributed by atoms with van der Waals surface area (Å²) in [5.41, 5.74) is 11.4. The number of nitrogens with two attached hydrogens (primary N) is 2. The van der Waals surface area contributed by atoms with Crippen LogP contribution < -0.4 is 16.2 Å². The van der Waals surface area contributed by atoms with E-state index in [0.717, 1.165) is 5.56 Å². The molecule has 0 saturated heterocycles. The molecule has 1 rings (SSSR count). The summed E-state index contributed by atoms with van der Waals surface area (Å²) in [7, 11) is -3.64. The topological polar surface area (TPSA) is 131 Å². The fourth-order valence-electron chi connectivity index (χ4n) is 1.74. The van der Waals surface area contributed by atoms with Gasteiger partial charge in [0.15, 0.2) is 5.96 Å². The second kappa shape index (κ2) is 7.96. The molecule has 0 aliphatic carbocycles. The number of nitrogens with one attached hydrogen (secondary N) is 1. The fourth-order valence-corrected chi connectivity index (χ4v) is 3.00. The first-order chi connectivity index (χ1) is 9.85. The van der Waals surface area contributed by atoms with Crippen molar-refractivity contribution in [3.05, 3.63) is 29.8 Å². The van der Waals surface area contributed by atoms with Gasteiger partial charge in [0, 0.05) is 12.6 Å². The van der Waals surface area contributed by atoms with E-state index in [-0.39, 0.29) is 17.5 Å². The first kappa shape index (κ1) is 17.4. The molecule has 7 nitrogen and oxygen atoms in total. The van der Waals surface area contributed by atoms with Crippen LogP contribution >= 0.6 is 0 Å². The van der Waals surface area contributed by atoms with Gasteiger partial charge in [-0.05, 0) is 31.9 Å². The van der Waals surface area contributed by atoms with Crippen molar-refractivity contribution in [1.82, 2.24) is 4.72 Å². The molecular formula is C13H22N4O3S. The Kier molecular flexibility index (Phi) is 6.60. The normalized spacial score (nSPS) is 12.9. The SMILES string of the molecule is Cc1ccc(S(=O)(=O)N[C@H](CO)CCCN=C(N)N)cc1. The number of hydrogen-bond donors (Lipinski definition) is 4. The Morgan fingerprint density at radius 3 is 2.48 bits per heavy atom. The minimum atomic E-state index is -3.64. The van der Waals surface area contributed by atoms with Crippen LogP contribution in [-0.4, -0.2) is 38.7 Å². The molecule has 21 heavy (non-hydrogen) atoms. The zero-order valence-corrected chi connectivity index (χ0v) is 12.8. The number of hydrogen-bond acceptors (Lipinski definition) is 4. The van der Waals surface area contributed by atoms with Crippen LogP contribution in [0.1, 0.15) is 18.4 Å². The van der Waals surface area contributed by atoms with E-state index in [1.807, 2.05) is 6.92 Å². The van der Waals surface area contributed by atoms with Crippen molar-refractivity contribution in [2.24, 2.45) is 16.5 Å². The molecule has 8 heteroatoms. The Balaban J connectivity index is 2.62. The highest BCUT2D eigenvalue weighted by atomic mass is 32.2. The van der Waals surface area contributed by atoms with Gasteiger partial charge in [0.1, 0.15) is 0 Å². The van der Waals surface area contributed by atoms with Crippen molar-refractivity contribution < 1.29 is 13.5 Å². The van der Waals surface area contributed by atoms with Crippen molar-refractivity contribution in [2.75, 3.05) is 13.2 Å². The van der Waals surface area contributed by atoms with E-state index in [1.54, 1.807) is 12.1 Å². The van der Waals surface area contributed by atoms with Crippen molar-refractivity contribution in [1.29, 1.82) is 0 Å². The van der Waals surface area contributed by atoms with Gasteiger partial charge in [-0.2, -0.15) is 0 Å². The molecule has 0 aliphatic heterocycles. The van der Waals surface area contributed by atoms with Crippen LogP contribution in [0.25, 0.3) is 0 Å². The van der Waals surface area contributed by atoms with Gasteiger partial charge in [0.05, 0.1) is 11.5 Å². The number of aliphatic imine (C=N–C) groups is 1. The minimum absolute atomic E-state index is 0.00390. The van der Waals surface area contributed by atoms with Gasteiger partial charge < -0.3 is 16.6 Å². The lowest BCUT2D eigenvalue weighted by atomic mass is 10.2. The third kappa shape index (κ3) is 6.11. The fraction of sp³-hybridized carbons (Fsp3) is 0.462. The number of aryl methyl sites for hydroxylation is 1. The molecular weight excluding hydrogens is 292 g/mol. The third-order valence-corrected chi connectivity index (χ3v) is 4.41. The number of aliphatic hydroxyl groups excluding tert-OH is 1. The Bertz CT molecular complexity index is 566. The largest absolute Gasteiger partial charge is 0.395 e. The number of benzene rings is 1. The predicted octanol–water partition coefficient (Wildman–Crippen LogP) is -0.312. The second-order valence-electron chi connectivity index (χ2n) is 4.76. The zero-order valence-electron chi connectivity index (χ0n) is 12.0. The number of guanidine groups is 1. The molecule has 1 aromatic rings. The van der Waals surface area contributed by atoms with E-state index in [1.165, 1.54) is 12.1 Å². The van der Waals surface area contributed by atoms with Crippen LogP contribution in [0.3, 0.4) is 0 Å². The molecule has 0 saturated carbocycles. The number of aliphatic hydroxyl groups is 1. The van der Waals surface area contributed by atoms with Crippen LogP contribution in [-0.2, 0) is 10.0 Å². The lowest BCUT2D eigenvalue weighted by Gasteiger charge is -2.16. The van der Waals surface area contributed by atoms with Crippen molar-refractivity contribution in [2.45, 2.75) is 30.7 Å². The summed E-state index contributed by atoms with van der Waals surface area (Å²) in [5, 5.41) is 9.28. The van der Waals surface area contributed by atoms with Gasteiger partial charge in [-0.3, -0.25) is 4.99 Å². The first-order valence-corrected chi connectivity index (χ1v) is 8.08. The molecule has 0 aliphatic rings. The van der Waals surface area contributed by atoms with Crippen LogP contribution in [0, 0.1) is 6.92 Å². The lowest BCUT2D eigenvalue weighted by Crippen LogP contribution is -2.37. The highest BCUT2D eigenvalue weighted by Gasteiger charge is 2.19. The number of nitrogens with zero attached hydrogens (tertiary/aromatic N) is 1.